The molecule has 1 aromatic carbocycles. The van der Waals surface area contributed by atoms with Crippen molar-refractivity contribution in [3.63, 3.8) is 0 Å². The fourth-order valence-corrected chi connectivity index (χ4v) is 2.12. The van der Waals surface area contributed by atoms with Gasteiger partial charge in [0.1, 0.15) is 0 Å². The number of aliphatic hydroxyl groups is 1. The Hall–Kier alpha value is -1.61. The highest BCUT2D eigenvalue weighted by atomic mass is 16.3. The summed E-state index contributed by atoms with van der Waals surface area (Å²) in [5, 5.41) is 14.4. The summed E-state index contributed by atoms with van der Waals surface area (Å²) >= 11 is 0. The first kappa shape index (κ1) is 13.8. The molecule has 0 fully saturated rings. The second-order valence-corrected chi connectivity index (χ2v) is 5.24. The van der Waals surface area contributed by atoms with Gasteiger partial charge in [0.2, 0.25) is 0 Å². The molecule has 0 saturated carbocycles. The molecule has 1 N–H and O–H groups in total. The Morgan fingerprint density at radius 3 is 2.58 bits per heavy atom. The first-order chi connectivity index (χ1) is 9.16. The molecule has 0 aliphatic rings. The van der Waals surface area contributed by atoms with Crippen molar-refractivity contribution < 1.29 is 5.11 Å². The first-order valence-electron chi connectivity index (χ1n) is 6.93. The SMILES string of the molecule is CC(C)n1cc(C(O)CCCc2ccccc2)cn1. The van der Waals surface area contributed by atoms with E-state index in [9.17, 15) is 5.11 Å². The second kappa shape index (κ2) is 6.53. The highest BCUT2D eigenvalue weighted by molar-refractivity contribution is 5.15. The number of rotatable bonds is 6. The van der Waals surface area contributed by atoms with Gasteiger partial charge in [0.05, 0.1) is 12.3 Å². The van der Waals surface area contributed by atoms with Crippen LogP contribution in [-0.4, -0.2) is 14.9 Å². The van der Waals surface area contributed by atoms with Gasteiger partial charge in [0, 0.05) is 17.8 Å². The summed E-state index contributed by atoms with van der Waals surface area (Å²) in [5.41, 5.74) is 2.24. The van der Waals surface area contributed by atoms with Crippen LogP contribution in [0.3, 0.4) is 0 Å². The third-order valence-electron chi connectivity index (χ3n) is 3.32. The van der Waals surface area contributed by atoms with Gasteiger partial charge >= 0.3 is 0 Å². The molecular weight excluding hydrogens is 236 g/mol. The topological polar surface area (TPSA) is 38.0 Å². The van der Waals surface area contributed by atoms with Crippen LogP contribution < -0.4 is 0 Å². The smallest absolute Gasteiger partial charge is 0.0820 e. The molecule has 0 aliphatic carbocycles. The van der Waals surface area contributed by atoms with Crippen molar-refractivity contribution in [1.82, 2.24) is 9.78 Å². The fourth-order valence-electron chi connectivity index (χ4n) is 2.12. The monoisotopic (exact) mass is 258 g/mol. The summed E-state index contributed by atoms with van der Waals surface area (Å²) in [5.74, 6) is 0. The summed E-state index contributed by atoms with van der Waals surface area (Å²) in [6, 6.07) is 10.7. The van der Waals surface area contributed by atoms with Crippen molar-refractivity contribution in [3.8, 4) is 0 Å². The molecule has 3 nitrogen and oxygen atoms in total. The van der Waals surface area contributed by atoms with E-state index in [4.69, 9.17) is 0 Å². The van der Waals surface area contributed by atoms with Crippen LogP contribution in [0, 0.1) is 0 Å². The third-order valence-corrected chi connectivity index (χ3v) is 3.32. The molecule has 19 heavy (non-hydrogen) atoms. The number of nitrogens with zero attached hydrogens (tertiary/aromatic N) is 2. The Labute approximate surface area is 114 Å². The molecular formula is C16H22N2O. The summed E-state index contributed by atoms with van der Waals surface area (Å²) in [4.78, 5) is 0. The number of benzene rings is 1. The Kier molecular flexibility index (Phi) is 4.74. The predicted octanol–water partition coefficient (Wildman–Crippen LogP) is 3.52. The molecule has 102 valence electrons. The fraction of sp³-hybridized carbons (Fsp3) is 0.438. The zero-order valence-corrected chi connectivity index (χ0v) is 11.7. The van der Waals surface area contributed by atoms with Gasteiger partial charge in [-0.05, 0) is 38.7 Å². The van der Waals surface area contributed by atoms with E-state index in [1.165, 1.54) is 5.56 Å². The zero-order chi connectivity index (χ0) is 13.7. The average molecular weight is 258 g/mol. The molecule has 3 heteroatoms. The van der Waals surface area contributed by atoms with Gasteiger partial charge in [0.25, 0.3) is 0 Å². The maximum absolute atomic E-state index is 10.1. The lowest BCUT2D eigenvalue weighted by Gasteiger charge is -2.08. The molecule has 0 aliphatic heterocycles. The lowest BCUT2D eigenvalue weighted by Crippen LogP contribution is -2.01. The first-order valence-corrected chi connectivity index (χ1v) is 6.93. The Bertz CT molecular complexity index is 490. The van der Waals surface area contributed by atoms with E-state index in [-0.39, 0.29) is 0 Å². The van der Waals surface area contributed by atoms with E-state index in [0.29, 0.717) is 6.04 Å². The standard InChI is InChI=1S/C16H22N2O/c1-13(2)18-12-15(11-17-18)16(19)10-6-9-14-7-4-3-5-8-14/h3-5,7-8,11-13,16,19H,6,9-10H2,1-2H3. The van der Waals surface area contributed by atoms with Crippen molar-refractivity contribution in [1.29, 1.82) is 0 Å². The molecule has 1 atom stereocenters. The number of hydrogen-bond acceptors (Lipinski definition) is 2. The van der Waals surface area contributed by atoms with E-state index >= 15 is 0 Å². The molecule has 0 saturated heterocycles. The Morgan fingerprint density at radius 2 is 1.95 bits per heavy atom. The van der Waals surface area contributed by atoms with Gasteiger partial charge in [-0.25, -0.2) is 0 Å². The number of aryl methyl sites for hydroxylation is 1. The van der Waals surface area contributed by atoms with Crippen LogP contribution in [0.25, 0.3) is 0 Å². The highest BCUT2D eigenvalue weighted by Gasteiger charge is 2.10. The summed E-state index contributed by atoms with van der Waals surface area (Å²) in [6.45, 7) is 4.16. The molecule has 0 bridgehead atoms. The van der Waals surface area contributed by atoms with E-state index in [0.717, 1.165) is 24.8 Å². The van der Waals surface area contributed by atoms with E-state index < -0.39 is 6.10 Å². The minimum atomic E-state index is -0.406. The third kappa shape index (κ3) is 3.93. The van der Waals surface area contributed by atoms with Crippen LogP contribution in [-0.2, 0) is 6.42 Å². The molecule has 1 unspecified atom stereocenters. The van der Waals surface area contributed by atoms with Gasteiger partial charge < -0.3 is 5.11 Å². The van der Waals surface area contributed by atoms with Crippen LogP contribution in [0.15, 0.2) is 42.7 Å². The van der Waals surface area contributed by atoms with Crippen LogP contribution in [0.5, 0.6) is 0 Å². The number of hydrogen-bond donors (Lipinski definition) is 1. The largest absolute Gasteiger partial charge is 0.388 e. The maximum Gasteiger partial charge on any atom is 0.0820 e. The van der Waals surface area contributed by atoms with Gasteiger partial charge in [-0.2, -0.15) is 5.10 Å². The highest BCUT2D eigenvalue weighted by Crippen LogP contribution is 2.20. The van der Waals surface area contributed by atoms with Gasteiger partial charge in [-0.15, -0.1) is 0 Å². The van der Waals surface area contributed by atoms with Gasteiger partial charge in [-0.3, -0.25) is 4.68 Å². The van der Waals surface area contributed by atoms with E-state index in [2.05, 4.69) is 43.2 Å². The Morgan fingerprint density at radius 1 is 1.21 bits per heavy atom. The zero-order valence-electron chi connectivity index (χ0n) is 11.7. The van der Waals surface area contributed by atoms with Crippen LogP contribution in [0.2, 0.25) is 0 Å². The van der Waals surface area contributed by atoms with Crippen molar-refractivity contribution in [3.05, 3.63) is 53.9 Å². The molecule has 1 aromatic heterocycles. The molecule has 0 spiro atoms. The summed E-state index contributed by atoms with van der Waals surface area (Å²) in [6.07, 6.45) is 6.08. The minimum absolute atomic E-state index is 0.338. The summed E-state index contributed by atoms with van der Waals surface area (Å²) < 4.78 is 1.88. The lowest BCUT2D eigenvalue weighted by atomic mass is 10.0. The Balaban J connectivity index is 1.82. The van der Waals surface area contributed by atoms with Crippen LogP contribution in [0.4, 0.5) is 0 Å². The van der Waals surface area contributed by atoms with Crippen molar-refractivity contribution >= 4 is 0 Å². The van der Waals surface area contributed by atoms with E-state index in [1.807, 2.05) is 16.9 Å². The summed E-state index contributed by atoms with van der Waals surface area (Å²) in [7, 11) is 0. The number of aromatic nitrogens is 2. The van der Waals surface area contributed by atoms with Crippen molar-refractivity contribution in [2.75, 3.05) is 0 Å². The lowest BCUT2D eigenvalue weighted by molar-refractivity contribution is 0.164. The van der Waals surface area contributed by atoms with Gasteiger partial charge in [0.15, 0.2) is 0 Å². The predicted molar refractivity (Wildman–Crippen MR) is 77.0 cm³/mol. The van der Waals surface area contributed by atoms with Crippen molar-refractivity contribution in [2.24, 2.45) is 0 Å². The molecule has 0 radical (unpaired) electrons. The maximum atomic E-state index is 10.1. The molecule has 2 aromatic rings. The number of aliphatic hydroxyl groups excluding tert-OH is 1. The second-order valence-electron chi connectivity index (χ2n) is 5.24. The van der Waals surface area contributed by atoms with Crippen LogP contribution in [0.1, 0.15) is 50.0 Å². The molecule has 2 rings (SSSR count). The minimum Gasteiger partial charge on any atom is -0.388 e. The normalized spacial score (nSPS) is 12.8. The van der Waals surface area contributed by atoms with Gasteiger partial charge in [-0.1, -0.05) is 30.3 Å². The molecule has 1 heterocycles. The molecule has 0 amide bonds. The van der Waals surface area contributed by atoms with Crippen LogP contribution >= 0.6 is 0 Å². The average Bonchev–Trinajstić information content (AvgIpc) is 2.89. The quantitative estimate of drug-likeness (QED) is 0.861. The van der Waals surface area contributed by atoms with Crippen molar-refractivity contribution in [2.45, 2.75) is 45.3 Å². The van der Waals surface area contributed by atoms with E-state index in [1.54, 1.807) is 6.20 Å².